The quantitative estimate of drug-likeness (QED) is 0.768. The number of anilines is 1. The lowest BCUT2D eigenvalue weighted by Gasteiger charge is -2.05. The zero-order valence-electron chi connectivity index (χ0n) is 9.90. The maximum absolute atomic E-state index is 13.2. The summed E-state index contributed by atoms with van der Waals surface area (Å²) in [6.07, 6.45) is 2.77. The number of hydrogen-bond acceptors (Lipinski definition) is 6. The van der Waals surface area contributed by atoms with Crippen LogP contribution in [0.3, 0.4) is 0 Å². The van der Waals surface area contributed by atoms with Crippen LogP contribution in [0.5, 0.6) is 0 Å². The number of rotatable bonds is 2. The summed E-state index contributed by atoms with van der Waals surface area (Å²) in [7, 11) is 0. The maximum Gasteiger partial charge on any atom is 0.257 e. The lowest BCUT2D eigenvalue weighted by molar-refractivity contribution is 0.628. The van der Waals surface area contributed by atoms with E-state index in [1.165, 1.54) is 35.5 Å². The second kappa shape index (κ2) is 4.82. The van der Waals surface area contributed by atoms with Crippen molar-refractivity contribution in [2.75, 3.05) is 5.73 Å². The van der Waals surface area contributed by atoms with Gasteiger partial charge >= 0.3 is 0 Å². The highest BCUT2D eigenvalue weighted by Gasteiger charge is 2.10. The van der Waals surface area contributed by atoms with E-state index in [1.54, 1.807) is 0 Å². The summed E-state index contributed by atoms with van der Waals surface area (Å²) in [4.78, 5) is 15.9. The average Bonchev–Trinajstić information content (AvgIpc) is 2.95. The summed E-state index contributed by atoms with van der Waals surface area (Å²) < 4.78 is 14.5. The van der Waals surface area contributed by atoms with E-state index in [0.29, 0.717) is 5.56 Å². The van der Waals surface area contributed by atoms with Crippen molar-refractivity contribution < 1.29 is 4.39 Å². The lowest BCUT2D eigenvalue weighted by atomic mass is 10.2. The molecule has 3 aromatic rings. The first kappa shape index (κ1) is 12.4. The van der Waals surface area contributed by atoms with Crippen molar-refractivity contribution in [1.29, 1.82) is 0 Å². The van der Waals surface area contributed by atoms with E-state index in [9.17, 15) is 4.39 Å². The first-order valence-corrected chi connectivity index (χ1v) is 5.83. The topological polar surface area (TPSA) is 95.4 Å². The highest BCUT2D eigenvalue weighted by Crippen LogP contribution is 2.23. The first-order valence-electron chi connectivity index (χ1n) is 5.45. The van der Waals surface area contributed by atoms with Crippen molar-refractivity contribution in [3.63, 3.8) is 0 Å². The van der Waals surface area contributed by atoms with Gasteiger partial charge in [-0.2, -0.15) is 24.7 Å². The summed E-state index contributed by atoms with van der Waals surface area (Å²) in [5, 5.41) is 3.88. The molecule has 0 amide bonds. The van der Waals surface area contributed by atoms with Gasteiger partial charge in [0.1, 0.15) is 18.5 Å². The molecule has 0 spiro atoms. The van der Waals surface area contributed by atoms with Crippen LogP contribution in [0.4, 0.5) is 10.3 Å². The second-order valence-corrected chi connectivity index (χ2v) is 4.19. The van der Waals surface area contributed by atoms with Gasteiger partial charge in [-0.15, -0.1) is 0 Å². The fourth-order valence-electron chi connectivity index (χ4n) is 1.56. The largest absolute Gasteiger partial charge is 0.368 e. The molecule has 0 unspecified atom stereocenters. The van der Waals surface area contributed by atoms with E-state index >= 15 is 0 Å². The molecule has 0 saturated heterocycles. The van der Waals surface area contributed by atoms with E-state index < -0.39 is 5.82 Å². The Hall–Kier alpha value is -2.61. The van der Waals surface area contributed by atoms with Crippen molar-refractivity contribution >= 4 is 17.5 Å². The lowest BCUT2D eigenvalue weighted by Crippen LogP contribution is -2.08. The first-order chi connectivity index (χ1) is 9.63. The molecule has 0 aliphatic heterocycles. The maximum atomic E-state index is 13.2. The molecule has 7 nitrogen and oxygen atoms in total. The van der Waals surface area contributed by atoms with Crippen molar-refractivity contribution in [3.05, 3.63) is 41.7 Å². The van der Waals surface area contributed by atoms with Gasteiger partial charge in [0.15, 0.2) is 5.82 Å². The molecule has 2 aromatic heterocycles. The summed E-state index contributed by atoms with van der Waals surface area (Å²) in [5.74, 6) is -0.0229. The van der Waals surface area contributed by atoms with Crippen molar-refractivity contribution in [3.8, 4) is 17.3 Å². The van der Waals surface area contributed by atoms with E-state index in [1.807, 2.05) is 0 Å². The molecule has 0 radical (unpaired) electrons. The zero-order chi connectivity index (χ0) is 14.1. The Morgan fingerprint density at radius 2 is 2.05 bits per heavy atom. The van der Waals surface area contributed by atoms with E-state index in [4.69, 9.17) is 17.3 Å². The number of aromatic nitrogens is 6. The highest BCUT2D eigenvalue weighted by molar-refractivity contribution is 6.31. The van der Waals surface area contributed by atoms with Crippen molar-refractivity contribution in [1.82, 2.24) is 29.7 Å². The molecule has 3 rings (SSSR count). The third kappa shape index (κ3) is 2.28. The molecule has 20 heavy (non-hydrogen) atoms. The van der Waals surface area contributed by atoms with Crippen LogP contribution in [0.2, 0.25) is 5.02 Å². The highest BCUT2D eigenvalue weighted by atomic mass is 35.5. The number of nitrogens with two attached hydrogens (primary N) is 1. The van der Waals surface area contributed by atoms with E-state index in [-0.39, 0.29) is 22.7 Å². The van der Waals surface area contributed by atoms with Crippen molar-refractivity contribution in [2.45, 2.75) is 0 Å². The van der Waals surface area contributed by atoms with Crippen molar-refractivity contribution in [2.24, 2.45) is 0 Å². The zero-order valence-corrected chi connectivity index (χ0v) is 10.7. The second-order valence-electron chi connectivity index (χ2n) is 3.79. The van der Waals surface area contributed by atoms with Crippen LogP contribution in [0.15, 0.2) is 30.9 Å². The predicted octanol–water partition coefficient (Wildman–Crippen LogP) is 1.49. The molecule has 0 aliphatic rings. The number of halogens is 2. The van der Waals surface area contributed by atoms with E-state index in [0.717, 1.165) is 0 Å². The number of nitrogens with zero attached hydrogens (tertiary/aromatic N) is 6. The van der Waals surface area contributed by atoms with Gasteiger partial charge in [0.05, 0.1) is 5.02 Å². The van der Waals surface area contributed by atoms with E-state index in [2.05, 4.69) is 25.0 Å². The van der Waals surface area contributed by atoms with Gasteiger partial charge in [-0.3, -0.25) is 0 Å². The third-order valence-corrected chi connectivity index (χ3v) is 2.73. The molecule has 2 N–H and O–H groups in total. The van der Waals surface area contributed by atoms with Gasteiger partial charge in [-0.1, -0.05) is 11.6 Å². The normalized spacial score (nSPS) is 10.7. The summed E-state index contributed by atoms with van der Waals surface area (Å²) in [6, 6.07) is 4.14. The Kier molecular flexibility index (Phi) is 2.99. The van der Waals surface area contributed by atoms with Crippen LogP contribution in [0.25, 0.3) is 17.3 Å². The fraction of sp³-hybridized carbons (Fsp3) is 0. The van der Waals surface area contributed by atoms with Gasteiger partial charge in [-0.05, 0) is 18.2 Å². The Labute approximate surface area is 117 Å². The Balaban J connectivity index is 2.12. The summed E-state index contributed by atoms with van der Waals surface area (Å²) >= 11 is 5.74. The minimum Gasteiger partial charge on any atom is -0.368 e. The molecule has 9 heteroatoms. The number of benzene rings is 1. The van der Waals surface area contributed by atoms with Crippen LogP contribution < -0.4 is 5.73 Å². The Morgan fingerprint density at radius 1 is 1.20 bits per heavy atom. The molecule has 100 valence electrons. The van der Waals surface area contributed by atoms with Gasteiger partial charge < -0.3 is 5.73 Å². The van der Waals surface area contributed by atoms with Crippen LogP contribution in [-0.4, -0.2) is 29.7 Å². The van der Waals surface area contributed by atoms with Crippen LogP contribution in [0.1, 0.15) is 0 Å². The smallest absolute Gasteiger partial charge is 0.257 e. The Morgan fingerprint density at radius 3 is 2.75 bits per heavy atom. The van der Waals surface area contributed by atoms with Gasteiger partial charge in [-0.25, -0.2) is 9.37 Å². The molecule has 0 atom stereocenters. The predicted molar refractivity (Wildman–Crippen MR) is 69.6 cm³/mol. The molecular weight excluding hydrogens is 285 g/mol. The molecule has 1 aromatic carbocycles. The van der Waals surface area contributed by atoms with Crippen LogP contribution in [-0.2, 0) is 0 Å². The van der Waals surface area contributed by atoms with Gasteiger partial charge in [0, 0.05) is 5.56 Å². The van der Waals surface area contributed by atoms with Gasteiger partial charge in [0.2, 0.25) is 5.95 Å². The number of hydrogen-bond donors (Lipinski definition) is 1. The van der Waals surface area contributed by atoms with Crippen LogP contribution >= 0.6 is 11.6 Å². The minimum atomic E-state index is -0.519. The summed E-state index contributed by atoms with van der Waals surface area (Å²) in [6.45, 7) is 0. The Bertz CT molecular complexity index is 759. The fourth-order valence-corrected chi connectivity index (χ4v) is 1.74. The molecular formula is C11H7ClFN7. The molecule has 2 heterocycles. The molecule has 0 bridgehead atoms. The minimum absolute atomic E-state index is 0.0148. The van der Waals surface area contributed by atoms with Gasteiger partial charge in [0.25, 0.3) is 5.95 Å². The average molecular weight is 292 g/mol. The summed E-state index contributed by atoms with van der Waals surface area (Å²) in [5.41, 5.74) is 6.16. The molecule has 0 fully saturated rings. The number of nitrogen functional groups attached to an aromatic ring is 1. The monoisotopic (exact) mass is 291 g/mol. The third-order valence-electron chi connectivity index (χ3n) is 2.44. The van der Waals surface area contributed by atoms with Crippen LogP contribution in [0, 0.1) is 5.82 Å². The molecule has 0 saturated carbocycles. The SMILES string of the molecule is Nc1nc(-c2ccc(F)c(Cl)c2)nc(-n2cncn2)n1. The molecule has 0 aliphatic carbocycles. The standard InChI is InChI=1S/C11H7ClFN7/c12-7-3-6(1-2-8(7)13)9-17-10(14)19-11(18-9)20-5-15-4-16-20/h1-5H,(H2,14,17,18,19).